The first-order valence-corrected chi connectivity index (χ1v) is 10.7. The number of hydrogen-bond donors (Lipinski definition) is 0. The van der Waals surface area contributed by atoms with Crippen molar-refractivity contribution in [2.45, 2.75) is 56.9 Å². The zero-order valence-corrected chi connectivity index (χ0v) is 18.4. The van der Waals surface area contributed by atoms with Crippen LogP contribution in [-0.4, -0.2) is 9.97 Å². The van der Waals surface area contributed by atoms with Crippen molar-refractivity contribution in [2.75, 3.05) is 0 Å². The van der Waals surface area contributed by atoms with Crippen molar-refractivity contribution in [3.05, 3.63) is 77.2 Å². The number of halogens is 1. The summed E-state index contributed by atoms with van der Waals surface area (Å²) >= 11 is 1.52. The molecule has 152 valence electrons. The molecule has 0 bridgehead atoms. The standard InChI is InChI=1S/C24H27FN2OS/c1-16(2)19-8-6-7-9-20(19)28-22-14-21(24(3,4)5)26-23(27-22)29-15-17-10-12-18(25)13-11-17/h6-14,16H,15H2,1-5H3. The predicted octanol–water partition coefficient (Wildman–Crippen LogP) is 7.12. The molecule has 0 saturated carbocycles. The van der Waals surface area contributed by atoms with Gasteiger partial charge in [0.15, 0.2) is 5.16 Å². The van der Waals surface area contributed by atoms with Gasteiger partial charge in [-0.05, 0) is 35.2 Å². The molecular weight excluding hydrogens is 383 g/mol. The van der Waals surface area contributed by atoms with E-state index in [4.69, 9.17) is 9.72 Å². The minimum Gasteiger partial charge on any atom is -0.439 e. The van der Waals surface area contributed by atoms with Crippen LogP contribution in [0.1, 0.15) is 57.4 Å². The van der Waals surface area contributed by atoms with Gasteiger partial charge in [-0.3, -0.25) is 0 Å². The van der Waals surface area contributed by atoms with Gasteiger partial charge < -0.3 is 4.74 Å². The van der Waals surface area contributed by atoms with Crippen molar-refractivity contribution in [1.29, 1.82) is 0 Å². The molecule has 0 radical (unpaired) electrons. The highest BCUT2D eigenvalue weighted by Gasteiger charge is 2.20. The lowest BCUT2D eigenvalue weighted by atomic mass is 9.92. The Morgan fingerprint density at radius 1 is 1.00 bits per heavy atom. The zero-order valence-electron chi connectivity index (χ0n) is 17.6. The van der Waals surface area contributed by atoms with Crippen LogP contribution >= 0.6 is 11.8 Å². The van der Waals surface area contributed by atoms with Crippen LogP contribution in [0.5, 0.6) is 11.6 Å². The van der Waals surface area contributed by atoms with E-state index in [-0.39, 0.29) is 11.2 Å². The van der Waals surface area contributed by atoms with Gasteiger partial charge in [-0.25, -0.2) is 9.37 Å². The van der Waals surface area contributed by atoms with Gasteiger partial charge in [0.2, 0.25) is 5.88 Å². The SMILES string of the molecule is CC(C)c1ccccc1Oc1cc(C(C)(C)C)nc(SCc2ccc(F)cc2)n1. The van der Waals surface area contributed by atoms with Crippen LogP contribution in [0.25, 0.3) is 0 Å². The fourth-order valence-corrected chi connectivity index (χ4v) is 3.60. The number of nitrogens with zero attached hydrogens (tertiary/aromatic N) is 2. The van der Waals surface area contributed by atoms with E-state index in [9.17, 15) is 4.39 Å². The monoisotopic (exact) mass is 410 g/mol. The number of ether oxygens (including phenoxy) is 1. The van der Waals surface area contributed by atoms with Crippen LogP contribution in [0, 0.1) is 5.82 Å². The first kappa shape index (κ1) is 21.3. The molecule has 1 aromatic heterocycles. The maximum Gasteiger partial charge on any atom is 0.223 e. The Morgan fingerprint density at radius 2 is 1.69 bits per heavy atom. The lowest BCUT2D eigenvalue weighted by Crippen LogP contribution is -2.15. The molecule has 0 unspecified atom stereocenters. The summed E-state index contributed by atoms with van der Waals surface area (Å²) in [5, 5.41) is 0.652. The molecule has 0 aliphatic rings. The van der Waals surface area contributed by atoms with Gasteiger partial charge in [0.25, 0.3) is 0 Å². The van der Waals surface area contributed by atoms with E-state index in [1.165, 1.54) is 23.9 Å². The summed E-state index contributed by atoms with van der Waals surface area (Å²) in [5.74, 6) is 2.14. The fourth-order valence-electron chi connectivity index (χ4n) is 2.80. The molecule has 29 heavy (non-hydrogen) atoms. The van der Waals surface area contributed by atoms with Gasteiger partial charge in [0, 0.05) is 17.2 Å². The molecule has 0 aliphatic heterocycles. The van der Waals surface area contributed by atoms with Crippen molar-refractivity contribution in [3.8, 4) is 11.6 Å². The fraction of sp³-hybridized carbons (Fsp3) is 0.333. The minimum absolute atomic E-state index is 0.135. The maximum absolute atomic E-state index is 13.1. The van der Waals surface area contributed by atoms with Crippen molar-refractivity contribution < 1.29 is 9.13 Å². The number of para-hydroxylation sites is 1. The third-order valence-electron chi connectivity index (χ3n) is 4.49. The van der Waals surface area contributed by atoms with E-state index in [1.807, 2.05) is 24.3 Å². The molecule has 0 N–H and O–H groups in total. The van der Waals surface area contributed by atoms with Crippen molar-refractivity contribution in [1.82, 2.24) is 9.97 Å². The largest absolute Gasteiger partial charge is 0.439 e. The molecular formula is C24H27FN2OS. The number of aromatic nitrogens is 2. The second kappa shape index (κ2) is 8.95. The summed E-state index contributed by atoms with van der Waals surface area (Å²) in [4.78, 5) is 9.37. The molecule has 1 heterocycles. The highest BCUT2D eigenvalue weighted by atomic mass is 32.2. The smallest absolute Gasteiger partial charge is 0.223 e. The van der Waals surface area contributed by atoms with E-state index in [0.717, 1.165) is 22.6 Å². The summed E-state index contributed by atoms with van der Waals surface area (Å²) in [5.41, 5.74) is 2.95. The Morgan fingerprint density at radius 3 is 2.34 bits per heavy atom. The first-order valence-electron chi connectivity index (χ1n) is 9.76. The average Bonchev–Trinajstić information content (AvgIpc) is 2.67. The lowest BCUT2D eigenvalue weighted by molar-refractivity contribution is 0.439. The molecule has 2 aromatic carbocycles. The quantitative estimate of drug-likeness (QED) is 0.320. The van der Waals surface area contributed by atoms with Crippen molar-refractivity contribution >= 4 is 11.8 Å². The molecule has 0 amide bonds. The Balaban J connectivity index is 1.89. The molecule has 3 rings (SSSR count). The predicted molar refractivity (Wildman–Crippen MR) is 117 cm³/mol. The van der Waals surface area contributed by atoms with Gasteiger partial charge in [0.05, 0.1) is 5.69 Å². The number of hydrogen-bond acceptors (Lipinski definition) is 4. The number of benzene rings is 2. The summed E-state index contributed by atoms with van der Waals surface area (Å²) < 4.78 is 19.3. The normalized spacial score (nSPS) is 11.7. The van der Waals surface area contributed by atoms with E-state index in [2.05, 4.69) is 45.7 Å². The van der Waals surface area contributed by atoms with Crippen molar-refractivity contribution in [2.24, 2.45) is 0 Å². The average molecular weight is 411 g/mol. The number of thioether (sulfide) groups is 1. The molecule has 0 atom stereocenters. The van der Waals surface area contributed by atoms with Crippen LogP contribution in [-0.2, 0) is 11.2 Å². The molecule has 5 heteroatoms. The van der Waals surface area contributed by atoms with Crippen LogP contribution in [0.3, 0.4) is 0 Å². The minimum atomic E-state index is -0.232. The highest BCUT2D eigenvalue weighted by Crippen LogP contribution is 2.33. The Kier molecular flexibility index (Phi) is 6.58. The van der Waals surface area contributed by atoms with Gasteiger partial charge in [-0.15, -0.1) is 0 Å². The molecule has 0 aliphatic carbocycles. The molecule has 0 fully saturated rings. The lowest BCUT2D eigenvalue weighted by Gasteiger charge is -2.20. The van der Waals surface area contributed by atoms with Gasteiger partial charge >= 0.3 is 0 Å². The molecule has 3 aromatic rings. The van der Waals surface area contributed by atoms with Crippen LogP contribution in [0.2, 0.25) is 0 Å². The van der Waals surface area contributed by atoms with E-state index in [1.54, 1.807) is 12.1 Å². The Bertz CT molecular complexity index is 965. The van der Waals surface area contributed by atoms with Gasteiger partial charge in [-0.1, -0.05) is 76.7 Å². The number of rotatable bonds is 6. The van der Waals surface area contributed by atoms with Crippen LogP contribution < -0.4 is 4.74 Å². The second-order valence-electron chi connectivity index (χ2n) is 8.33. The third-order valence-corrected chi connectivity index (χ3v) is 5.41. The molecule has 0 saturated heterocycles. The van der Waals surface area contributed by atoms with E-state index in [0.29, 0.717) is 22.7 Å². The topological polar surface area (TPSA) is 35.0 Å². The van der Waals surface area contributed by atoms with E-state index >= 15 is 0 Å². The summed E-state index contributed by atoms with van der Waals surface area (Å²) in [6.07, 6.45) is 0. The first-order chi connectivity index (χ1) is 13.7. The Labute approximate surface area is 176 Å². The van der Waals surface area contributed by atoms with Crippen LogP contribution in [0.4, 0.5) is 4.39 Å². The third kappa shape index (κ3) is 5.80. The summed E-state index contributed by atoms with van der Waals surface area (Å²) in [6.45, 7) is 10.7. The van der Waals surface area contributed by atoms with E-state index < -0.39 is 0 Å². The molecule has 0 spiro atoms. The Hall–Kier alpha value is -2.40. The van der Waals surface area contributed by atoms with Gasteiger partial charge in [0.1, 0.15) is 11.6 Å². The summed E-state index contributed by atoms with van der Waals surface area (Å²) in [7, 11) is 0. The second-order valence-corrected chi connectivity index (χ2v) is 9.28. The van der Waals surface area contributed by atoms with Crippen LogP contribution in [0.15, 0.2) is 59.8 Å². The zero-order chi connectivity index (χ0) is 21.0. The highest BCUT2D eigenvalue weighted by molar-refractivity contribution is 7.98. The maximum atomic E-state index is 13.1. The summed E-state index contributed by atoms with van der Waals surface area (Å²) in [6, 6.07) is 16.5. The van der Waals surface area contributed by atoms with Crippen molar-refractivity contribution in [3.63, 3.8) is 0 Å². The molecule has 3 nitrogen and oxygen atoms in total. The van der Waals surface area contributed by atoms with Gasteiger partial charge in [-0.2, -0.15) is 4.98 Å².